The summed E-state index contributed by atoms with van der Waals surface area (Å²) in [6.07, 6.45) is 1.07. The average molecular weight is 285 g/mol. The second-order valence-corrected chi connectivity index (χ2v) is 6.60. The molecule has 1 aliphatic heterocycles. The van der Waals surface area contributed by atoms with E-state index in [2.05, 4.69) is 0 Å². The first kappa shape index (κ1) is 14.0. The molecule has 2 rings (SSSR count). The number of rotatable bonds is 5. The molecule has 0 aliphatic carbocycles. The maximum absolute atomic E-state index is 11.7. The van der Waals surface area contributed by atoms with Crippen molar-refractivity contribution in [2.75, 3.05) is 12.9 Å². The van der Waals surface area contributed by atoms with Crippen LogP contribution >= 0.6 is 0 Å². The quantitative estimate of drug-likeness (QED) is 0.743. The average Bonchev–Trinajstić information content (AvgIpc) is 3.10. The Morgan fingerprint density at radius 1 is 1.58 bits per heavy atom. The Bertz CT molecular complexity index is 607. The van der Waals surface area contributed by atoms with Crippen molar-refractivity contribution >= 4 is 15.8 Å². The first-order valence-corrected chi connectivity index (χ1v) is 7.61. The fourth-order valence-electron chi connectivity index (χ4n) is 1.88. The third-order valence-electron chi connectivity index (χ3n) is 2.93. The molecule has 0 spiro atoms. The standard InChI is InChI=1S/C12H15NO5S/c1-19(16,17)11-3-2-7(5-9(13)12(14)15)4-8(11)10-6-18-10/h2-4,9-10H,5-6,13H2,1H3,(H,14,15). The van der Waals surface area contributed by atoms with Crippen molar-refractivity contribution in [3.8, 4) is 0 Å². The van der Waals surface area contributed by atoms with Gasteiger partial charge in [0.15, 0.2) is 9.84 Å². The van der Waals surface area contributed by atoms with E-state index in [9.17, 15) is 13.2 Å². The molecule has 1 fully saturated rings. The van der Waals surface area contributed by atoms with Crippen LogP contribution in [-0.2, 0) is 25.8 Å². The summed E-state index contributed by atoms with van der Waals surface area (Å²) < 4.78 is 28.4. The minimum atomic E-state index is -3.33. The lowest BCUT2D eigenvalue weighted by molar-refractivity contribution is -0.138. The summed E-state index contributed by atoms with van der Waals surface area (Å²) in [5.74, 6) is -1.09. The highest BCUT2D eigenvalue weighted by atomic mass is 32.2. The first-order chi connectivity index (χ1) is 8.79. The Morgan fingerprint density at radius 3 is 2.68 bits per heavy atom. The highest BCUT2D eigenvalue weighted by Crippen LogP contribution is 2.35. The Labute approximate surface area is 111 Å². The van der Waals surface area contributed by atoms with E-state index in [0.29, 0.717) is 17.7 Å². The van der Waals surface area contributed by atoms with Crippen LogP contribution in [0.5, 0.6) is 0 Å². The minimum Gasteiger partial charge on any atom is -0.480 e. The number of benzene rings is 1. The lowest BCUT2D eigenvalue weighted by atomic mass is 10.0. The van der Waals surface area contributed by atoms with Crippen LogP contribution in [0.4, 0.5) is 0 Å². The molecule has 0 radical (unpaired) electrons. The van der Waals surface area contributed by atoms with E-state index >= 15 is 0 Å². The van der Waals surface area contributed by atoms with Crippen LogP contribution in [0.2, 0.25) is 0 Å². The zero-order chi connectivity index (χ0) is 14.2. The number of nitrogens with two attached hydrogens (primary N) is 1. The van der Waals surface area contributed by atoms with Gasteiger partial charge in [-0.25, -0.2) is 8.42 Å². The number of aliphatic carboxylic acids is 1. The molecule has 7 heteroatoms. The molecule has 0 aromatic heterocycles. The molecule has 6 nitrogen and oxygen atoms in total. The Morgan fingerprint density at radius 2 is 2.21 bits per heavy atom. The van der Waals surface area contributed by atoms with Crippen LogP contribution in [0.15, 0.2) is 23.1 Å². The number of hydrogen-bond acceptors (Lipinski definition) is 5. The molecular formula is C12H15NO5S. The highest BCUT2D eigenvalue weighted by molar-refractivity contribution is 7.90. The third-order valence-corrected chi connectivity index (χ3v) is 4.10. The fraction of sp³-hybridized carbons (Fsp3) is 0.417. The first-order valence-electron chi connectivity index (χ1n) is 5.72. The molecule has 0 saturated carbocycles. The number of sulfone groups is 1. The molecule has 19 heavy (non-hydrogen) atoms. The van der Waals surface area contributed by atoms with Gasteiger partial charge < -0.3 is 15.6 Å². The molecule has 1 aromatic carbocycles. The van der Waals surface area contributed by atoms with Gasteiger partial charge in [0, 0.05) is 11.8 Å². The predicted octanol–water partition coefficient (Wildman–Crippen LogP) is 0.116. The van der Waals surface area contributed by atoms with E-state index in [1.165, 1.54) is 6.07 Å². The van der Waals surface area contributed by atoms with Crippen molar-refractivity contribution in [2.24, 2.45) is 5.73 Å². The zero-order valence-corrected chi connectivity index (χ0v) is 11.2. The minimum absolute atomic E-state index is 0.152. The molecule has 0 bridgehead atoms. The van der Waals surface area contributed by atoms with Crippen LogP contribution < -0.4 is 5.73 Å². The van der Waals surface area contributed by atoms with Crippen molar-refractivity contribution in [3.05, 3.63) is 29.3 Å². The summed E-state index contributed by atoms with van der Waals surface area (Å²) >= 11 is 0. The smallest absolute Gasteiger partial charge is 0.320 e. The summed E-state index contributed by atoms with van der Waals surface area (Å²) in [6.45, 7) is 0.483. The lowest BCUT2D eigenvalue weighted by Crippen LogP contribution is -2.32. The van der Waals surface area contributed by atoms with Crippen LogP contribution in [0.1, 0.15) is 17.2 Å². The second kappa shape index (κ2) is 4.92. The van der Waals surface area contributed by atoms with Crippen LogP contribution in [0.25, 0.3) is 0 Å². The summed E-state index contributed by atoms with van der Waals surface area (Å²) in [7, 11) is -3.33. The van der Waals surface area contributed by atoms with E-state index in [-0.39, 0.29) is 17.4 Å². The van der Waals surface area contributed by atoms with Gasteiger partial charge in [0.2, 0.25) is 0 Å². The maximum Gasteiger partial charge on any atom is 0.320 e. The van der Waals surface area contributed by atoms with Gasteiger partial charge in [-0.05, 0) is 18.1 Å². The van der Waals surface area contributed by atoms with Gasteiger partial charge in [-0.1, -0.05) is 12.1 Å². The molecule has 1 aromatic rings. The Kier molecular flexibility index (Phi) is 3.62. The van der Waals surface area contributed by atoms with Crippen molar-refractivity contribution in [3.63, 3.8) is 0 Å². The molecule has 2 atom stereocenters. The van der Waals surface area contributed by atoms with Gasteiger partial charge >= 0.3 is 5.97 Å². The summed E-state index contributed by atoms with van der Waals surface area (Å²) in [5.41, 5.74) is 6.73. The van der Waals surface area contributed by atoms with Gasteiger partial charge in [-0.15, -0.1) is 0 Å². The highest BCUT2D eigenvalue weighted by Gasteiger charge is 2.30. The molecule has 0 amide bonds. The van der Waals surface area contributed by atoms with Crippen molar-refractivity contribution < 1.29 is 23.1 Å². The molecule has 1 aliphatic rings. The number of hydrogen-bond donors (Lipinski definition) is 2. The summed E-state index contributed by atoms with van der Waals surface area (Å²) in [4.78, 5) is 10.9. The fourth-order valence-corrected chi connectivity index (χ4v) is 2.82. The lowest BCUT2D eigenvalue weighted by Gasteiger charge is -2.10. The SMILES string of the molecule is CS(=O)(=O)c1ccc(CC(N)C(=O)O)cc1C1CO1. The predicted molar refractivity (Wildman–Crippen MR) is 67.6 cm³/mol. The van der Waals surface area contributed by atoms with E-state index in [1.807, 2.05) is 0 Å². The van der Waals surface area contributed by atoms with Crippen molar-refractivity contribution in [1.29, 1.82) is 0 Å². The molecule has 1 heterocycles. The second-order valence-electron chi connectivity index (χ2n) is 4.62. The van der Waals surface area contributed by atoms with Crippen LogP contribution in [-0.4, -0.2) is 38.4 Å². The van der Waals surface area contributed by atoms with E-state index in [0.717, 1.165) is 6.26 Å². The number of carbonyl (C=O) groups is 1. The van der Waals surface area contributed by atoms with E-state index in [1.54, 1.807) is 12.1 Å². The maximum atomic E-state index is 11.7. The molecular weight excluding hydrogens is 270 g/mol. The third kappa shape index (κ3) is 3.31. The topological polar surface area (TPSA) is 110 Å². The van der Waals surface area contributed by atoms with Crippen molar-refractivity contribution in [1.82, 2.24) is 0 Å². The molecule has 104 valence electrons. The normalized spacial score (nSPS) is 20.0. The van der Waals surface area contributed by atoms with E-state index < -0.39 is 21.8 Å². The number of epoxide rings is 1. The number of carboxylic acid groups (broad SMARTS) is 1. The zero-order valence-electron chi connectivity index (χ0n) is 10.4. The monoisotopic (exact) mass is 285 g/mol. The van der Waals surface area contributed by atoms with Gasteiger partial charge in [0.1, 0.15) is 12.1 Å². The molecule has 3 N–H and O–H groups in total. The summed E-state index contributed by atoms with van der Waals surface area (Å²) in [5, 5.41) is 8.77. The van der Waals surface area contributed by atoms with Gasteiger partial charge in [0.05, 0.1) is 11.5 Å². The van der Waals surface area contributed by atoms with Gasteiger partial charge in [-0.2, -0.15) is 0 Å². The number of carboxylic acids is 1. The molecule has 2 unspecified atom stereocenters. The van der Waals surface area contributed by atoms with Gasteiger partial charge in [0.25, 0.3) is 0 Å². The van der Waals surface area contributed by atoms with Gasteiger partial charge in [-0.3, -0.25) is 4.79 Å². The number of ether oxygens (including phenoxy) is 1. The molecule has 1 saturated heterocycles. The van der Waals surface area contributed by atoms with Crippen LogP contribution in [0, 0.1) is 0 Å². The van der Waals surface area contributed by atoms with Crippen molar-refractivity contribution in [2.45, 2.75) is 23.5 Å². The largest absolute Gasteiger partial charge is 0.480 e. The Balaban J connectivity index is 2.34. The summed E-state index contributed by atoms with van der Waals surface area (Å²) in [6, 6.07) is 3.73. The van der Waals surface area contributed by atoms with Crippen LogP contribution in [0.3, 0.4) is 0 Å². The Hall–Kier alpha value is -1.44. The van der Waals surface area contributed by atoms with E-state index in [4.69, 9.17) is 15.6 Å².